The first-order valence-electron chi connectivity index (χ1n) is 7.22. The van der Waals surface area contributed by atoms with Crippen LogP contribution in [-0.2, 0) is 0 Å². The maximum atomic E-state index is 5.81. The van der Waals surface area contributed by atoms with Gasteiger partial charge in [-0.25, -0.2) is 0 Å². The lowest BCUT2D eigenvalue weighted by Gasteiger charge is -2.37. The van der Waals surface area contributed by atoms with Crippen LogP contribution in [0.3, 0.4) is 0 Å². The van der Waals surface area contributed by atoms with E-state index >= 15 is 0 Å². The SMILES string of the molecule is C=CCC(C)(CC)CC1(C)C/C(=C\N)C(C)(C)C1. The quantitative estimate of drug-likeness (QED) is 0.679. The van der Waals surface area contributed by atoms with Crippen molar-refractivity contribution in [2.75, 3.05) is 0 Å². The van der Waals surface area contributed by atoms with Gasteiger partial charge in [-0.15, -0.1) is 6.58 Å². The first kappa shape index (κ1) is 15.3. The van der Waals surface area contributed by atoms with Crippen molar-refractivity contribution in [1.82, 2.24) is 0 Å². The summed E-state index contributed by atoms with van der Waals surface area (Å²) < 4.78 is 0. The molecule has 1 aliphatic rings. The molecular formula is C17H31N. The highest BCUT2D eigenvalue weighted by molar-refractivity contribution is 5.20. The van der Waals surface area contributed by atoms with Crippen molar-refractivity contribution in [3.05, 3.63) is 24.4 Å². The summed E-state index contributed by atoms with van der Waals surface area (Å²) in [6.45, 7) is 15.7. The molecule has 1 heteroatoms. The molecule has 1 nitrogen and oxygen atoms in total. The van der Waals surface area contributed by atoms with Gasteiger partial charge in [-0.2, -0.15) is 0 Å². The fourth-order valence-electron chi connectivity index (χ4n) is 4.07. The molecule has 2 N–H and O–H groups in total. The molecule has 18 heavy (non-hydrogen) atoms. The lowest BCUT2D eigenvalue weighted by atomic mass is 9.68. The van der Waals surface area contributed by atoms with E-state index in [1.807, 2.05) is 6.20 Å². The summed E-state index contributed by atoms with van der Waals surface area (Å²) in [5.74, 6) is 0. The van der Waals surface area contributed by atoms with Crippen molar-refractivity contribution in [2.24, 2.45) is 22.0 Å². The highest BCUT2D eigenvalue weighted by Crippen LogP contribution is 2.57. The van der Waals surface area contributed by atoms with E-state index in [1.54, 1.807) is 0 Å². The van der Waals surface area contributed by atoms with Gasteiger partial charge < -0.3 is 5.73 Å². The molecule has 104 valence electrons. The second-order valence-corrected chi connectivity index (χ2v) is 7.57. The van der Waals surface area contributed by atoms with Crippen molar-refractivity contribution in [3.63, 3.8) is 0 Å². The van der Waals surface area contributed by atoms with Crippen LogP contribution < -0.4 is 5.73 Å². The standard InChI is InChI=1S/C17H31N/c1-7-9-16(5,8-2)13-17(6)10-14(11-18)15(3,4)12-17/h7,11H,1,8-10,12-13,18H2,2-6H3/b14-11+. The third-order valence-corrected chi connectivity index (χ3v) is 4.90. The molecule has 1 rings (SSSR count). The van der Waals surface area contributed by atoms with Crippen LogP contribution in [0.4, 0.5) is 0 Å². The van der Waals surface area contributed by atoms with Gasteiger partial charge in [0.2, 0.25) is 0 Å². The maximum absolute atomic E-state index is 5.81. The normalized spacial score (nSPS) is 32.4. The summed E-state index contributed by atoms with van der Waals surface area (Å²) in [4.78, 5) is 0. The summed E-state index contributed by atoms with van der Waals surface area (Å²) in [6, 6.07) is 0. The van der Waals surface area contributed by atoms with Gasteiger partial charge in [0.15, 0.2) is 0 Å². The third kappa shape index (κ3) is 3.18. The van der Waals surface area contributed by atoms with Gasteiger partial charge in [0.05, 0.1) is 0 Å². The van der Waals surface area contributed by atoms with Gasteiger partial charge in [0.1, 0.15) is 0 Å². The van der Waals surface area contributed by atoms with Gasteiger partial charge in [0, 0.05) is 0 Å². The van der Waals surface area contributed by atoms with Crippen LogP contribution in [0.2, 0.25) is 0 Å². The Kier molecular flexibility index (Phi) is 4.35. The summed E-state index contributed by atoms with van der Waals surface area (Å²) in [7, 11) is 0. The smallest absolute Gasteiger partial charge is 0.00648 e. The number of allylic oxidation sites excluding steroid dienone is 2. The molecule has 1 fully saturated rings. The fourth-order valence-corrected chi connectivity index (χ4v) is 4.07. The van der Waals surface area contributed by atoms with E-state index in [4.69, 9.17) is 5.73 Å². The number of rotatable bonds is 5. The number of nitrogens with two attached hydrogens (primary N) is 1. The van der Waals surface area contributed by atoms with Crippen LogP contribution in [0.15, 0.2) is 24.4 Å². The average molecular weight is 249 g/mol. The predicted molar refractivity (Wildman–Crippen MR) is 81.2 cm³/mol. The van der Waals surface area contributed by atoms with Gasteiger partial charge in [-0.05, 0) is 53.7 Å². The molecule has 0 heterocycles. The van der Waals surface area contributed by atoms with E-state index in [1.165, 1.54) is 24.8 Å². The largest absolute Gasteiger partial charge is 0.405 e. The van der Waals surface area contributed by atoms with Crippen LogP contribution >= 0.6 is 0 Å². The Hall–Kier alpha value is -0.720. The van der Waals surface area contributed by atoms with Crippen LogP contribution in [0.25, 0.3) is 0 Å². The summed E-state index contributed by atoms with van der Waals surface area (Å²) >= 11 is 0. The molecule has 2 unspecified atom stereocenters. The second-order valence-electron chi connectivity index (χ2n) is 7.57. The average Bonchev–Trinajstić information content (AvgIpc) is 2.47. The highest BCUT2D eigenvalue weighted by Gasteiger charge is 2.45. The topological polar surface area (TPSA) is 26.0 Å². The van der Waals surface area contributed by atoms with Gasteiger partial charge >= 0.3 is 0 Å². The van der Waals surface area contributed by atoms with Crippen molar-refractivity contribution >= 4 is 0 Å². The Morgan fingerprint density at radius 1 is 1.39 bits per heavy atom. The Morgan fingerprint density at radius 2 is 2.00 bits per heavy atom. The number of hydrogen-bond acceptors (Lipinski definition) is 1. The van der Waals surface area contributed by atoms with Crippen molar-refractivity contribution in [1.29, 1.82) is 0 Å². The second kappa shape index (κ2) is 5.11. The third-order valence-electron chi connectivity index (χ3n) is 4.90. The zero-order valence-electron chi connectivity index (χ0n) is 13.0. The fraction of sp³-hybridized carbons (Fsp3) is 0.765. The first-order chi connectivity index (χ1) is 8.20. The molecule has 0 aromatic rings. The maximum Gasteiger partial charge on any atom is -0.00648 e. The van der Waals surface area contributed by atoms with Gasteiger partial charge in [0.25, 0.3) is 0 Å². The lowest BCUT2D eigenvalue weighted by Crippen LogP contribution is -2.26. The first-order valence-corrected chi connectivity index (χ1v) is 7.22. The van der Waals surface area contributed by atoms with E-state index in [-0.39, 0.29) is 5.41 Å². The monoisotopic (exact) mass is 249 g/mol. The molecule has 1 aliphatic carbocycles. The van der Waals surface area contributed by atoms with Crippen molar-refractivity contribution in [3.8, 4) is 0 Å². The summed E-state index contributed by atoms with van der Waals surface area (Å²) in [5.41, 5.74) is 8.29. The Labute approximate surface area is 114 Å². The summed E-state index contributed by atoms with van der Waals surface area (Å²) in [5, 5.41) is 0. The molecule has 2 atom stereocenters. The molecule has 0 amide bonds. The van der Waals surface area contributed by atoms with Crippen molar-refractivity contribution < 1.29 is 0 Å². The van der Waals surface area contributed by atoms with Gasteiger partial charge in [-0.1, -0.05) is 47.1 Å². The Bertz CT molecular complexity index is 340. The van der Waals surface area contributed by atoms with Crippen LogP contribution in [0.5, 0.6) is 0 Å². The van der Waals surface area contributed by atoms with E-state index in [0.717, 1.165) is 12.8 Å². The molecule has 0 aromatic carbocycles. The Balaban J connectivity index is 2.88. The van der Waals surface area contributed by atoms with Gasteiger partial charge in [-0.3, -0.25) is 0 Å². The van der Waals surface area contributed by atoms with Crippen LogP contribution in [-0.4, -0.2) is 0 Å². The summed E-state index contributed by atoms with van der Waals surface area (Å²) in [6.07, 6.45) is 9.93. The molecule has 0 radical (unpaired) electrons. The minimum atomic E-state index is 0.270. The Morgan fingerprint density at radius 3 is 2.39 bits per heavy atom. The molecule has 0 aliphatic heterocycles. The van der Waals surface area contributed by atoms with E-state index < -0.39 is 0 Å². The molecular weight excluding hydrogens is 218 g/mol. The van der Waals surface area contributed by atoms with Crippen molar-refractivity contribution in [2.45, 2.75) is 66.7 Å². The molecule has 0 saturated heterocycles. The molecule has 0 aromatic heterocycles. The van der Waals surface area contributed by atoms with E-state index in [0.29, 0.717) is 10.8 Å². The van der Waals surface area contributed by atoms with Crippen LogP contribution in [0.1, 0.15) is 66.7 Å². The minimum Gasteiger partial charge on any atom is -0.405 e. The number of hydrogen-bond donors (Lipinski definition) is 1. The molecule has 0 spiro atoms. The highest BCUT2D eigenvalue weighted by atomic mass is 14.6. The minimum absolute atomic E-state index is 0.270. The molecule has 1 saturated carbocycles. The zero-order chi connectivity index (χ0) is 14.0. The molecule has 0 bridgehead atoms. The van der Waals surface area contributed by atoms with E-state index in [2.05, 4.69) is 47.3 Å². The van der Waals surface area contributed by atoms with Crippen LogP contribution in [0, 0.1) is 16.2 Å². The van der Waals surface area contributed by atoms with E-state index in [9.17, 15) is 0 Å². The lowest BCUT2D eigenvalue weighted by molar-refractivity contribution is 0.147. The zero-order valence-corrected chi connectivity index (χ0v) is 13.0. The predicted octanol–water partition coefficient (Wildman–Crippen LogP) is 5.04.